The molecule has 5 heteroatoms. The molecule has 0 bridgehead atoms. The maximum Gasteiger partial charge on any atom is 0.223 e. The van der Waals surface area contributed by atoms with Gasteiger partial charge < -0.3 is 19.7 Å². The Morgan fingerprint density at radius 3 is 2.25 bits per heavy atom. The lowest BCUT2D eigenvalue weighted by Crippen LogP contribution is -2.01. The van der Waals surface area contributed by atoms with Crippen LogP contribution in [0.25, 0.3) is 33.4 Å². The van der Waals surface area contributed by atoms with Gasteiger partial charge in [-0.25, -0.2) is 0 Å². The minimum atomic E-state index is -0.549. The summed E-state index contributed by atoms with van der Waals surface area (Å²) in [6, 6.07) is 14.6. The molecule has 0 aromatic heterocycles. The van der Waals surface area contributed by atoms with Crippen LogP contribution in [0.3, 0.4) is 0 Å². The lowest BCUT2D eigenvalue weighted by Gasteiger charge is -2.15. The highest BCUT2D eigenvalue weighted by Gasteiger charge is 2.20. The Morgan fingerprint density at radius 2 is 1.50 bits per heavy atom. The molecule has 5 nitrogen and oxygen atoms in total. The zero-order valence-electron chi connectivity index (χ0n) is 12.4. The van der Waals surface area contributed by atoms with Crippen molar-refractivity contribution >= 4 is 11.0 Å². The number of phenols is 3. The fraction of sp³-hybridized carbons (Fsp3) is 0. The zero-order chi connectivity index (χ0) is 16.8. The normalized spacial score (nSPS) is 11.2. The van der Waals surface area contributed by atoms with Gasteiger partial charge in [0.05, 0.1) is 0 Å². The summed E-state index contributed by atoms with van der Waals surface area (Å²) >= 11 is 0. The van der Waals surface area contributed by atoms with Gasteiger partial charge in [-0.1, -0.05) is 30.3 Å². The molecule has 2 aliphatic rings. The van der Waals surface area contributed by atoms with Crippen LogP contribution in [-0.2, 0) is 0 Å². The monoisotopic (exact) mass is 320 g/mol. The number of benzene rings is 3. The van der Waals surface area contributed by atoms with Crippen LogP contribution in [0.2, 0.25) is 0 Å². The van der Waals surface area contributed by atoms with E-state index in [4.69, 9.17) is 4.42 Å². The molecule has 0 fully saturated rings. The van der Waals surface area contributed by atoms with Crippen molar-refractivity contribution in [1.29, 1.82) is 0 Å². The van der Waals surface area contributed by atoms with Crippen LogP contribution >= 0.6 is 0 Å². The van der Waals surface area contributed by atoms with Gasteiger partial charge in [0.15, 0.2) is 17.2 Å². The maximum atomic E-state index is 11.7. The van der Waals surface area contributed by atoms with E-state index >= 15 is 0 Å². The van der Waals surface area contributed by atoms with Crippen LogP contribution in [0.1, 0.15) is 0 Å². The molecule has 1 heterocycles. The molecule has 118 valence electrons. The highest BCUT2D eigenvalue weighted by atomic mass is 16.3. The molecule has 3 N–H and O–H groups in total. The molecular weight excluding hydrogens is 308 g/mol. The summed E-state index contributed by atoms with van der Waals surface area (Å²) in [6.07, 6.45) is 0. The van der Waals surface area contributed by atoms with Crippen LogP contribution in [0.4, 0.5) is 0 Å². The second kappa shape index (κ2) is 5.03. The van der Waals surface area contributed by atoms with Gasteiger partial charge in [-0.15, -0.1) is 0 Å². The summed E-state index contributed by atoms with van der Waals surface area (Å²) in [5.74, 6) is -0.684. The third kappa shape index (κ3) is 2.06. The van der Waals surface area contributed by atoms with E-state index in [-0.39, 0.29) is 23.0 Å². The molecule has 0 spiro atoms. The molecule has 2 aromatic carbocycles. The van der Waals surface area contributed by atoms with E-state index in [1.807, 2.05) is 30.3 Å². The van der Waals surface area contributed by atoms with E-state index in [0.717, 1.165) is 5.56 Å². The van der Waals surface area contributed by atoms with Gasteiger partial charge in [-0.3, -0.25) is 4.79 Å². The summed E-state index contributed by atoms with van der Waals surface area (Å²) < 4.78 is 5.70. The van der Waals surface area contributed by atoms with E-state index in [1.54, 1.807) is 0 Å². The van der Waals surface area contributed by atoms with Crippen LogP contribution < -0.4 is 5.43 Å². The zero-order valence-corrected chi connectivity index (χ0v) is 12.4. The van der Waals surface area contributed by atoms with Crippen molar-refractivity contribution in [1.82, 2.24) is 0 Å². The van der Waals surface area contributed by atoms with Crippen molar-refractivity contribution in [2.24, 2.45) is 0 Å². The highest BCUT2D eigenvalue weighted by Crippen LogP contribution is 2.43. The van der Waals surface area contributed by atoms with Gasteiger partial charge in [0, 0.05) is 28.6 Å². The van der Waals surface area contributed by atoms with Gasteiger partial charge in [0.25, 0.3) is 0 Å². The predicted molar refractivity (Wildman–Crippen MR) is 89.5 cm³/mol. The van der Waals surface area contributed by atoms with Crippen LogP contribution in [-0.4, -0.2) is 15.3 Å². The summed E-state index contributed by atoms with van der Waals surface area (Å²) in [6.45, 7) is 0. The standard InChI is InChI=1S/C19H12O5/c20-13-6-11-17(8-15(13)22)24-18-9-16(23)14(21)7-12(18)19(11)10-4-2-1-3-5-10/h1-9,20-22H. The van der Waals surface area contributed by atoms with Crippen molar-refractivity contribution < 1.29 is 19.7 Å². The Morgan fingerprint density at radius 1 is 0.792 bits per heavy atom. The Bertz CT molecular complexity index is 1100. The molecule has 24 heavy (non-hydrogen) atoms. The summed E-state index contributed by atoms with van der Waals surface area (Å²) in [5, 5.41) is 30.0. The third-order valence-corrected chi connectivity index (χ3v) is 3.96. The molecule has 0 radical (unpaired) electrons. The number of hydrogen-bond acceptors (Lipinski definition) is 5. The lowest BCUT2D eigenvalue weighted by molar-refractivity contribution is 0.404. The average Bonchev–Trinajstić information content (AvgIpc) is 2.57. The Labute approximate surface area is 136 Å². The smallest absolute Gasteiger partial charge is 0.223 e. The lowest BCUT2D eigenvalue weighted by atomic mass is 9.93. The maximum absolute atomic E-state index is 11.7. The first-order valence-corrected chi connectivity index (χ1v) is 7.25. The molecule has 0 saturated carbocycles. The first-order chi connectivity index (χ1) is 11.5. The Kier molecular flexibility index (Phi) is 2.96. The van der Waals surface area contributed by atoms with Crippen LogP contribution in [0, 0.1) is 0 Å². The largest absolute Gasteiger partial charge is 0.504 e. The van der Waals surface area contributed by atoms with Gasteiger partial charge in [-0.05, 0) is 17.7 Å². The molecule has 2 aromatic rings. The summed E-state index contributed by atoms with van der Waals surface area (Å²) in [7, 11) is 0. The number of rotatable bonds is 1. The van der Waals surface area contributed by atoms with Gasteiger partial charge in [0.2, 0.25) is 5.43 Å². The minimum Gasteiger partial charge on any atom is -0.504 e. The molecule has 1 aliphatic carbocycles. The van der Waals surface area contributed by atoms with E-state index in [0.29, 0.717) is 22.1 Å². The van der Waals surface area contributed by atoms with Crippen molar-refractivity contribution in [2.75, 3.05) is 0 Å². The molecular formula is C19H12O5. The molecule has 0 unspecified atom stereocenters. The molecule has 1 aliphatic heterocycles. The number of phenolic OH excluding ortho intramolecular Hbond substituents is 3. The van der Waals surface area contributed by atoms with E-state index in [1.165, 1.54) is 24.3 Å². The second-order valence-corrected chi connectivity index (χ2v) is 5.50. The first kappa shape index (κ1) is 14.1. The van der Waals surface area contributed by atoms with E-state index in [2.05, 4.69) is 0 Å². The minimum absolute atomic E-state index is 0.279. The van der Waals surface area contributed by atoms with E-state index in [9.17, 15) is 20.1 Å². The average molecular weight is 320 g/mol. The summed E-state index contributed by atoms with van der Waals surface area (Å²) in [5.41, 5.74) is 1.83. The quantitative estimate of drug-likeness (QED) is 0.367. The Balaban J connectivity index is 2.25. The predicted octanol–water partition coefficient (Wildman–Crippen LogP) is 3.68. The SMILES string of the molecule is O=c1cc2oc3cc(O)c(O)cc3c(-c3ccccc3)c-2cc1O. The number of fused-ring (bicyclic) bond motifs is 2. The number of hydrogen-bond donors (Lipinski definition) is 3. The van der Waals surface area contributed by atoms with Crippen molar-refractivity contribution in [3.05, 3.63) is 64.8 Å². The van der Waals surface area contributed by atoms with Crippen LogP contribution in [0.15, 0.2) is 63.8 Å². The molecule has 0 amide bonds. The molecule has 4 rings (SSSR count). The summed E-state index contributed by atoms with van der Waals surface area (Å²) in [4.78, 5) is 11.7. The fourth-order valence-corrected chi connectivity index (χ4v) is 2.85. The second-order valence-electron chi connectivity index (χ2n) is 5.50. The number of aromatic hydroxyl groups is 3. The third-order valence-electron chi connectivity index (χ3n) is 3.96. The van der Waals surface area contributed by atoms with Gasteiger partial charge in [-0.2, -0.15) is 0 Å². The van der Waals surface area contributed by atoms with Gasteiger partial charge >= 0.3 is 0 Å². The molecule has 0 atom stereocenters. The van der Waals surface area contributed by atoms with Gasteiger partial charge in [0.1, 0.15) is 11.3 Å². The van der Waals surface area contributed by atoms with Crippen molar-refractivity contribution in [2.45, 2.75) is 0 Å². The van der Waals surface area contributed by atoms with Crippen molar-refractivity contribution in [3.8, 4) is 39.7 Å². The highest BCUT2D eigenvalue weighted by molar-refractivity contribution is 6.03. The first-order valence-electron chi connectivity index (χ1n) is 7.25. The molecule has 0 saturated heterocycles. The fourth-order valence-electron chi connectivity index (χ4n) is 2.85. The van der Waals surface area contributed by atoms with E-state index < -0.39 is 5.43 Å². The Hall–Kier alpha value is -3.47. The van der Waals surface area contributed by atoms with Crippen LogP contribution in [0.5, 0.6) is 17.2 Å². The topological polar surface area (TPSA) is 90.9 Å². The van der Waals surface area contributed by atoms with Crippen molar-refractivity contribution in [3.63, 3.8) is 0 Å².